The molecule has 0 unspecified atom stereocenters. The molecule has 1 heterocycles. The Hall–Kier alpha value is -2.00. The van der Waals surface area contributed by atoms with E-state index in [1.54, 1.807) is 0 Å². The molecular formula is C15H14ClN3. The summed E-state index contributed by atoms with van der Waals surface area (Å²) in [6.45, 7) is 4.04. The van der Waals surface area contributed by atoms with Gasteiger partial charge in [0.25, 0.3) is 0 Å². The number of halogens is 1. The van der Waals surface area contributed by atoms with Gasteiger partial charge in [-0.05, 0) is 49.2 Å². The Balaban J connectivity index is 1.94. The Morgan fingerprint density at radius 2 is 1.95 bits per heavy atom. The first-order valence-corrected chi connectivity index (χ1v) is 6.49. The number of nitrogens with zero attached hydrogens (tertiary/aromatic N) is 1. The van der Waals surface area contributed by atoms with Crippen LogP contribution in [0.1, 0.15) is 11.1 Å². The zero-order valence-electron chi connectivity index (χ0n) is 10.8. The normalized spacial score (nSPS) is 10.9. The van der Waals surface area contributed by atoms with Gasteiger partial charge in [0.15, 0.2) is 0 Å². The molecule has 0 saturated heterocycles. The summed E-state index contributed by atoms with van der Waals surface area (Å²) in [6, 6.07) is 12.0. The maximum atomic E-state index is 6.11. The smallest absolute Gasteiger partial charge is 0.205 e. The summed E-state index contributed by atoms with van der Waals surface area (Å²) < 4.78 is 0. The fourth-order valence-electron chi connectivity index (χ4n) is 1.99. The highest BCUT2D eigenvalue weighted by atomic mass is 35.5. The predicted octanol–water partition coefficient (Wildman–Crippen LogP) is 4.58. The van der Waals surface area contributed by atoms with Gasteiger partial charge in [-0.15, -0.1) is 0 Å². The van der Waals surface area contributed by atoms with Crippen LogP contribution in [0.25, 0.3) is 11.0 Å². The van der Waals surface area contributed by atoms with E-state index in [0.29, 0.717) is 0 Å². The zero-order chi connectivity index (χ0) is 13.4. The summed E-state index contributed by atoms with van der Waals surface area (Å²) in [5.41, 5.74) is 5.17. The molecule has 0 aliphatic rings. The van der Waals surface area contributed by atoms with E-state index >= 15 is 0 Å². The SMILES string of the molecule is Cc1ccc2nc(Nc3ccc(C)c(Cl)c3)[nH]c2c1. The summed E-state index contributed by atoms with van der Waals surface area (Å²) in [7, 11) is 0. The van der Waals surface area contributed by atoms with E-state index in [2.05, 4.69) is 34.3 Å². The minimum absolute atomic E-state index is 0.723. The van der Waals surface area contributed by atoms with Crippen molar-refractivity contribution in [1.82, 2.24) is 9.97 Å². The second-order valence-corrected chi connectivity index (χ2v) is 5.10. The van der Waals surface area contributed by atoms with Gasteiger partial charge in [-0.2, -0.15) is 0 Å². The number of aromatic amines is 1. The molecule has 0 aliphatic heterocycles. The van der Waals surface area contributed by atoms with Gasteiger partial charge in [0.05, 0.1) is 11.0 Å². The highest BCUT2D eigenvalue weighted by Gasteiger charge is 2.04. The van der Waals surface area contributed by atoms with Crippen LogP contribution in [0.4, 0.5) is 11.6 Å². The number of benzene rings is 2. The molecule has 3 nitrogen and oxygen atoms in total. The molecule has 0 spiro atoms. The number of imidazole rings is 1. The van der Waals surface area contributed by atoms with Crippen molar-refractivity contribution in [2.75, 3.05) is 5.32 Å². The largest absolute Gasteiger partial charge is 0.326 e. The van der Waals surface area contributed by atoms with Crippen LogP contribution < -0.4 is 5.32 Å². The maximum Gasteiger partial charge on any atom is 0.205 e. The van der Waals surface area contributed by atoms with Crippen molar-refractivity contribution in [3.05, 3.63) is 52.5 Å². The Morgan fingerprint density at radius 1 is 1.11 bits per heavy atom. The molecule has 0 radical (unpaired) electrons. The first-order valence-electron chi connectivity index (χ1n) is 6.11. The van der Waals surface area contributed by atoms with Gasteiger partial charge in [-0.1, -0.05) is 23.7 Å². The van der Waals surface area contributed by atoms with Crippen LogP contribution in [0, 0.1) is 13.8 Å². The number of aromatic nitrogens is 2. The van der Waals surface area contributed by atoms with Gasteiger partial charge >= 0.3 is 0 Å². The van der Waals surface area contributed by atoms with E-state index < -0.39 is 0 Å². The lowest BCUT2D eigenvalue weighted by molar-refractivity contribution is 1.31. The van der Waals surface area contributed by atoms with Crippen LogP contribution >= 0.6 is 11.6 Å². The third-order valence-corrected chi connectivity index (χ3v) is 3.48. The molecule has 4 heteroatoms. The van der Waals surface area contributed by atoms with Crippen LogP contribution in [-0.2, 0) is 0 Å². The highest BCUT2D eigenvalue weighted by molar-refractivity contribution is 6.31. The van der Waals surface area contributed by atoms with E-state index in [9.17, 15) is 0 Å². The van der Waals surface area contributed by atoms with Crippen LogP contribution in [0.15, 0.2) is 36.4 Å². The van der Waals surface area contributed by atoms with Gasteiger partial charge in [-0.3, -0.25) is 0 Å². The molecule has 0 amide bonds. The van der Waals surface area contributed by atoms with E-state index in [4.69, 9.17) is 11.6 Å². The molecule has 0 aliphatic carbocycles. The Bertz CT molecular complexity index is 746. The Kier molecular flexibility index (Phi) is 2.91. The Morgan fingerprint density at radius 3 is 2.74 bits per heavy atom. The number of H-pyrrole nitrogens is 1. The van der Waals surface area contributed by atoms with E-state index in [-0.39, 0.29) is 0 Å². The zero-order valence-corrected chi connectivity index (χ0v) is 11.5. The summed E-state index contributed by atoms with van der Waals surface area (Å²) in [5.74, 6) is 0.723. The summed E-state index contributed by atoms with van der Waals surface area (Å²) in [5, 5.41) is 3.98. The van der Waals surface area contributed by atoms with Crippen molar-refractivity contribution >= 4 is 34.3 Å². The summed E-state index contributed by atoms with van der Waals surface area (Å²) in [6.07, 6.45) is 0. The number of nitrogens with one attached hydrogen (secondary N) is 2. The third kappa shape index (κ3) is 2.42. The van der Waals surface area contributed by atoms with Crippen molar-refractivity contribution in [3.8, 4) is 0 Å². The first-order chi connectivity index (χ1) is 9.11. The van der Waals surface area contributed by atoms with Gasteiger partial charge < -0.3 is 10.3 Å². The number of hydrogen-bond donors (Lipinski definition) is 2. The molecule has 0 fully saturated rings. The van der Waals surface area contributed by atoms with Crippen LogP contribution in [0.2, 0.25) is 5.02 Å². The molecule has 2 aromatic carbocycles. The fourth-order valence-corrected chi connectivity index (χ4v) is 2.17. The maximum absolute atomic E-state index is 6.11. The second kappa shape index (κ2) is 4.59. The summed E-state index contributed by atoms with van der Waals surface area (Å²) >= 11 is 6.11. The number of hydrogen-bond acceptors (Lipinski definition) is 2. The molecule has 0 saturated carbocycles. The van der Waals surface area contributed by atoms with E-state index in [0.717, 1.165) is 33.3 Å². The fraction of sp³-hybridized carbons (Fsp3) is 0.133. The molecule has 96 valence electrons. The quantitative estimate of drug-likeness (QED) is 0.716. The van der Waals surface area contributed by atoms with Gasteiger partial charge in [-0.25, -0.2) is 4.98 Å². The van der Waals surface area contributed by atoms with E-state index in [1.807, 2.05) is 31.2 Å². The van der Waals surface area contributed by atoms with Crippen LogP contribution in [0.5, 0.6) is 0 Å². The van der Waals surface area contributed by atoms with Crippen molar-refractivity contribution in [3.63, 3.8) is 0 Å². The first kappa shape index (κ1) is 12.1. The van der Waals surface area contributed by atoms with Crippen molar-refractivity contribution in [1.29, 1.82) is 0 Å². The van der Waals surface area contributed by atoms with Crippen molar-refractivity contribution in [2.24, 2.45) is 0 Å². The average Bonchev–Trinajstić information content (AvgIpc) is 2.75. The molecule has 0 bridgehead atoms. The minimum atomic E-state index is 0.723. The molecule has 3 rings (SSSR count). The molecule has 3 aromatic rings. The van der Waals surface area contributed by atoms with Crippen LogP contribution in [-0.4, -0.2) is 9.97 Å². The number of rotatable bonds is 2. The monoisotopic (exact) mass is 271 g/mol. The number of aryl methyl sites for hydroxylation is 2. The number of anilines is 2. The minimum Gasteiger partial charge on any atom is -0.326 e. The Labute approximate surface area is 116 Å². The summed E-state index contributed by atoms with van der Waals surface area (Å²) in [4.78, 5) is 7.75. The predicted molar refractivity (Wildman–Crippen MR) is 80.3 cm³/mol. The number of fused-ring (bicyclic) bond motifs is 1. The van der Waals surface area contributed by atoms with Crippen LogP contribution in [0.3, 0.4) is 0 Å². The van der Waals surface area contributed by atoms with E-state index in [1.165, 1.54) is 5.56 Å². The molecule has 0 atom stereocenters. The third-order valence-electron chi connectivity index (χ3n) is 3.07. The highest BCUT2D eigenvalue weighted by Crippen LogP contribution is 2.23. The lowest BCUT2D eigenvalue weighted by Gasteiger charge is -2.04. The molecule has 19 heavy (non-hydrogen) atoms. The molecule has 1 aromatic heterocycles. The van der Waals surface area contributed by atoms with Crippen molar-refractivity contribution < 1.29 is 0 Å². The van der Waals surface area contributed by atoms with Gasteiger partial charge in [0.1, 0.15) is 0 Å². The topological polar surface area (TPSA) is 40.7 Å². The second-order valence-electron chi connectivity index (χ2n) is 4.69. The lowest BCUT2D eigenvalue weighted by atomic mass is 10.2. The van der Waals surface area contributed by atoms with Gasteiger partial charge in [0.2, 0.25) is 5.95 Å². The molecular weight excluding hydrogens is 258 g/mol. The van der Waals surface area contributed by atoms with Crippen molar-refractivity contribution in [2.45, 2.75) is 13.8 Å². The van der Waals surface area contributed by atoms with Gasteiger partial charge in [0, 0.05) is 10.7 Å². The molecule has 2 N–H and O–H groups in total. The lowest BCUT2D eigenvalue weighted by Crippen LogP contribution is -1.92. The standard InChI is InChI=1S/C15H14ClN3/c1-9-3-6-13-14(7-9)19-15(18-13)17-11-5-4-10(2)12(16)8-11/h3-8H,1-2H3,(H2,17,18,19). The average molecular weight is 272 g/mol.